The van der Waals surface area contributed by atoms with Gasteiger partial charge in [-0.15, -0.1) is 0 Å². The van der Waals surface area contributed by atoms with Crippen molar-refractivity contribution in [2.75, 3.05) is 0 Å². The molecule has 0 spiro atoms. The molecule has 6 nitrogen and oxygen atoms in total. The van der Waals surface area contributed by atoms with E-state index < -0.39 is 0 Å². The SMILES string of the molecule is c1ccc(-c2ccc(-c3nc(-c4ccccc4)nc(-n4c5ccccc5c5c6ccc7oc8cccc9c8c7c6c6c(oc7cccc-9c76)c54)n3)cc2)cc1. The molecule has 0 amide bonds. The number of furan rings is 2. The Morgan fingerprint density at radius 2 is 0.945 bits per heavy atom. The van der Waals surface area contributed by atoms with E-state index in [9.17, 15) is 0 Å². The van der Waals surface area contributed by atoms with Gasteiger partial charge in [-0.05, 0) is 58.0 Å². The van der Waals surface area contributed by atoms with Crippen molar-refractivity contribution < 1.29 is 8.83 Å². The van der Waals surface area contributed by atoms with E-state index in [0.29, 0.717) is 17.6 Å². The van der Waals surface area contributed by atoms with Crippen LogP contribution in [0.1, 0.15) is 0 Å². The highest BCUT2D eigenvalue weighted by molar-refractivity contribution is 6.44. The van der Waals surface area contributed by atoms with Crippen LogP contribution < -0.4 is 0 Å². The molecule has 0 bridgehead atoms. The lowest BCUT2D eigenvalue weighted by Gasteiger charge is -2.12. The lowest BCUT2D eigenvalue weighted by Crippen LogP contribution is -2.06. The Hall–Kier alpha value is -7.57. The standard InChI is InChI=1S/C49H26N4O2/c1-3-11-27(12-4-1)28-21-23-30(24-22-28)48-50-47(29-13-5-2-6-14-29)51-49(52-48)53-35-18-8-7-15-33(35)39-34-25-26-38-43-40-31(16-9-19-36(40)54-38)32-17-10-20-37-41(32)44(42(34)43)46(55-37)45(39)53/h1-26H. The molecule has 0 radical (unpaired) electrons. The van der Waals surface area contributed by atoms with Crippen molar-refractivity contribution in [2.24, 2.45) is 0 Å². The first-order valence-electron chi connectivity index (χ1n) is 18.4. The van der Waals surface area contributed by atoms with Gasteiger partial charge in [0.2, 0.25) is 5.95 Å². The van der Waals surface area contributed by atoms with Crippen LogP contribution in [0.15, 0.2) is 167 Å². The maximum Gasteiger partial charge on any atom is 0.238 e. The molecule has 12 aromatic rings. The molecule has 0 unspecified atom stereocenters. The minimum absolute atomic E-state index is 0.522. The Morgan fingerprint density at radius 3 is 1.69 bits per heavy atom. The van der Waals surface area contributed by atoms with Gasteiger partial charge in [0.1, 0.15) is 22.3 Å². The molecule has 1 aliphatic carbocycles. The van der Waals surface area contributed by atoms with E-state index in [1.165, 1.54) is 0 Å². The maximum absolute atomic E-state index is 7.06. The summed E-state index contributed by atoms with van der Waals surface area (Å²) in [6, 6.07) is 54.6. The van der Waals surface area contributed by atoms with Gasteiger partial charge in [0.15, 0.2) is 17.2 Å². The molecule has 0 N–H and O–H groups in total. The largest absolute Gasteiger partial charge is 0.456 e. The number of hydrogen-bond donors (Lipinski definition) is 0. The molecule has 0 atom stereocenters. The fourth-order valence-electron chi connectivity index (χ4n) is 9.07. The first-order valence-corrected chi connectivity index (χ1v) is 18.4. The molecule has 0 saturated carbocycles. The second-order valence-electron chi connectivity index (χ2n) is 14.3. The number of para-hydroxylation sites is 1. The highest BCUT2D eigenvalue weighted by Gasteiger charge is 2.30. The highest BCUT2D eigenvalue weighted by atomic mass is 16.3. The average molecular weight is 703 g/mol. The molecule has 0 aliphatic heterocycles. The van der Waals surface area contributed by atoms with E-state index in [0.717, 1.165) is 110 Å². The Kier molecular flexibility index (Phi) is 5.54. The fourth-order valence-corrected chi connectivity index (χ4v) is 9.07. The number of aromatic nitrogens is 4. The number of fused-ring (bicyclic) bond motifs is 6. The summed E-state index contributed by atoms with van der Waals surface area (Å²) in [5, 5.41) is 8.92. The van der Waals surface area contributed by atoms with Crippen molar-refractivity contribution >= 4 is 76.5 Å². The third-order valence-electron chi connectivity index (χ3n) is 11.4. The summed E-state index contributed by atoms with van der Waals surface area (Å²) in [7, 11) is 0. The summed E-state index contributed by atoms with van der Waals surface area (Å²) in [4.78, 5) is 15.6. The van der Waals surface area contributed by atoms with E-state index >= 15 is 0 Å². The van der Waals surface area contributed by atoms with Crippen LogP contribution in [0.3, 0.4) is 0 Å². The van der Waals surface area contributed by atoms with Gasteiger partial charge in [-0.2, -0.15) is 9.97 Å². The lowest BCUT2D eigenvalue weighted by atomic mass is 9.96. The van der Waals surface area contributed by atoms with Gasteiger partial charge in [0.05, 0.1) is 5.52 Å². The van der Waals surface area contributed by atoms with Gasteiger partial charge in [0.25, 0.3) is 0 Å². The van der Waals surface area contributed by atoms with Gasteiger partial charge in [-0.25, -0.2) is 4.98 Å². The van der Waals surface area contributed by atoms with Crippen molar-refractivity contribution in [1.29, 1.82) is 0 Å². The van der Waals surface area contributed by atoms with Gasteiger partial charge >= 0.3 is 0 Å². The maximum atomic E-state index is 7.06. The molecule has 254 valence electrons. The van der Waals surface area contributed by atoms with E-state index in [-0.39, 0.29) is 0 Å². The zero-order valence-corrected chi connectivity index (χ0v) is 29.1. The molecule has 0 fully saturated rings. The molecule has 6 heteroatoms. The zero-order valence-electron chi connectivity index (χ0n) is 29.1. The van der Waals surface area contributed by atoms with E-state index in [1.54, 1.807) is 0 Å². The second kappa shape index (κ2) is 10.5. The minimum Gasteiger partial charge on any atom is -0.456 e. The van der Waals surface area contributed by atoms with Crippen molar-refractivity contribution in [3.63, 3.8) is 0 Å². The molecule has 4 heterocycles. The zero-order chi connectivity index (χ0) is 35.8. The summed E-state index contributed by atoms with van der Waals surface area (Å²) < 4.78 is 15.8. The second-order valence-corrected chi connectivity index (χ2v) is 14.3. The number of benzene rings is 8. The number of hydrogen-bond acceptors (Lipinski definition) is 5. The Balaban J connectivity index is 1.18. The van der Waals surface area contributed by atoms with Crippen molar-refractivity contribution in [3.05, 3.63) is 158 Å². The summed E-state index contributed by atoms with van der Waals surface area (Å²) in [6.07, 6.45) is 0. The minimum atomic E-state index is 0.522. The third-order valence-corrected chi connectivity index (χ3v) is 11.4. The number of rotatable bonds is 4. The Bertz CT molecular complexity index is 3580. The van der Waals surface area contributed by atoms with E-state index in [4.69, 9.17) is 23.8 Å². The summed E-state index contributed by atoms with van der Waals surface area (Å²) >= 11 is 0. The normalized spacial score (nSPS) is 12.4. The lowest BCUT2D eigenvalue weighted by molar-refractivity contribution is 0.669. The van der Waals surface area contributed by atoms with Crippen LogP contribution in [0.5, 0.6) is 0 Å². The van der Waals surface area contributed by atoms with E-state index in [2.05, 4.69) is 126 Å². The topological polar surface area (TPSA) is 69.9 Å². The highest BCUT2D eigenvalue weighted by Crippen LogP contribution is 2.53. The third kappa shape index (κ3) is 3.84. The van der Waals surface area contributed by atoms with Crippen LogP contribution in [-0.2, 0) is 0 Å². The van der Waals surface area contributed by atoms with Crippen LogP contribution in [0.2, 0.25) is 0 Å². The summed E-state index contributed by atoms with van der Waals surface area (Å²) in [6.45, 7) is 0. The van der Waals surface area contributed by atoms with Crippen LogP contribution >= 0.6 is 0 Å². The first kappa shape index (κ1) is 28.9. The molecular weight excluding hydrogens is 677 g/mol. The summed E-state index contributed by atoms with van der Waals surface area (Å²) in [5.41, 5.74) is 11.7. The van der Waals surface area contributed by atoms with Crippen LogP contribution in [0.25, 0.3) is 127 Å². The van der Waals surface area contributed by atoms with Crippen molar-refractivity contribution in [1.82, 2.24) is 19.5 Å². The van der Waals surface area contributed by atoms with Crippen molar-refractivity contribution in [3.8, 4) is 51.0 Å². The fraction of sp³-hybridized carbons (Fsp3) is 0. The predicted octanol–water partition coefficient (Wildman–Crippen LogP) is 12.9. The molecule has 0 saturated heterocycles. The molecule has 8 aromatic carbocycles. The molecule has 13 rings (SSSR count). The van der Waals surface area contributed by atoms with E-state index in [1.807, 2.05) is 36.4 Å². The van der Waals surface area contributed by atoms with Crippen molar-refractivity contribution in [2.45, 2.75) is 0 Å². The molecule has 55 heavy (non-hydrogen) atoms. The van der Waals surface area contributed by atoms with Gasteiger partial charge in [0, 0.05) is 48.8 Å². The Labute approximate surface area is 312 Å². The number of nitrogens with zero attached hydrogens (tertiary/aromatic N) is 4. The smallest absolute Gasteiger partial charge is 0.238 e. The molecule has 1 aliphatic rings. The van der Waals surface area contributed by atoms with Gasteiger partial charge < -0.3 is 8.83 Å². The van der Waals surface area contributed by atoms with Crippen LogP contribution in [0, 0.1) is 0 Å². The monoisotopic (exact) mass is 702 g/mol. The Morgan fingerprint density at radius 1 is 0.364 bits per heavy atom. The van der Waals surface area contributed by atoms with Gasteiger partial charge in [-0.3, -0.25) is 4.57 Å². The first-order chi connectivity index (χ1) is 27.3. The van der Waals surface area contributed by atoms with Crippen LogP contribution in [0.4, 0.5) is 0 Å². The van der Waals surface area contributed by atoms with Gasteiger partial charge in [-0.1, -0.05) is 127 Å². The quantitative estimate of drug-likeness (QED) is 0.183. The molecule has 4 aromatic heterocycles. The molecular formula is C49H26N4O2. The summed E-state index contributed by atoms with van der Waals surface area (Å²) in [5.74, 6) is 1.71. The van der Waals surface area contributed by atoms with Crippen LogP contribution in [-0.4, -0.2) is 19.5 Å². The average Bonchev–Trinajstić information content (AvgIpc) is 3.91. The predicted molar refractivity (Wildman–Crippen MR) is 222 cm³/mol.